The van der Waals surface area contributed by atoms with Crippen LogP contribution in [-0.2, 0) is 6.42 Å². The maximum Gasteiger partial charge on any atom is 0.127 e. The first-order valence-electron chi connectivity index (χ1n) is 7.06. The fourth-order valence-electron chi connectivity index (χ4n) is 2.11. The molecule has 0 bridgehead atoms. The van der Waals surface area contributed by atoms with Gasteiger partial charge in [-0.15, -0.1) is 0 Å². The molecule has 1 aromatic heterocycles. The zero-order valence-electron chi connectivity index (χ0n) is 12.2. The number of aryl methyl sites for hydroxylation is 1. The van der Waals surface area contributed by atoms with Crippen LogP contribution < -0.4 is 5.32 Å². The summed E-state index contributed by atoms with van der Waals surface area (Å²) in [5.41, 5.74) is 2.17. The van der Waals surface area contributed by atoms with Gasteiger partial charge < -0.3 is 5.32 Å². The predicted molar refractivity (Wildman–Crippen MR) is 82.9 cm³/mol. The Labute approximate surface area is 129 Å². The van der Waals surface area contributed by atoms with Gasteiger partial charge in [0.2, 0.25) is 0 Å². The molecule has 3 nitrogen and oxygen atoms in total. The van der Waals surface area contributed by atoms with Gasteiger partial charge in [0, 0.05) is 16.8 Å². The number of aromatic nitrogens is 2. The molecule has 0 aliphatic carbocycles. The molecule has 1 unspecified atom stereocenters. The lowest BCUT2D eigenvalue weighted by Gasteiger charge is -2.19. The van der Waals surface area contributed by atoms with E-state index in [1.54, 1.807) is 24.5 Å². The van der Waals surface area contributed by atoms with Crippen LogP contribution in [-0.4, -0.2) is 16.5 Å². The van der Waals surface area contributed by atoms with Crippen molar-refractivity contribution in [2.75, 3.05) is 6.54 Å². The molecule has 5 heteroatoms. The zero-order valence-corrected chi connectivity index (χ0v) is 13.0. The summed E-state index contributed by atoms with van der Waals surface area (Å²) in [6.45, 7) is 4.80. The first kappa shape index (κ1) is 15.9. The number of nitrogens with one attached hydrogen (secondary N) is 1. The fourth-order valence-corrected chi connectivity index (χ4v) is 2.35. The van der Waals surface area contributed by atoms with Crippen molar-refractivity contribution < 1.29 is 4.39 Å². The number of nitrogens with zero attached hydrogens (tertiary/aromatic N) is 2. The Morgan fingerprint density at radius 3 is 2.71 bits per heavy atom. The minimum Gasteiger partial charge on any atom is -0.308 e. The van der Waals surface area contributed by atoms with Crippen molar-refractivity contribution in [3.05, 3.63) is 58.4 Å². The summed E-state index contributed by atoms with van der Waals surface area (Å²) in [6.07, 6.45) is 4.89. The Balaban J connectivity index is 2.26. The van der Waals surface area contributed by atoms with Crippen molar-refractivity contribution in [3.8, 4) is 0 Å². The maximum atomic E-state index is 14.0. The second-order valence-electron chi connectivity index (χ2n) is 4.99. The quantitative estimate of drug-likeness (QED) is 0.880. The summed E-state index contributed by atoms with van der Waals surface area (Å²) in [5.74, 6) is -0.286. The Hall–Kier alpha value is -1.52. The van der Waals surface area contributed by atoms with Crippen LogP contribution in [0.4, 0.5) is 4.39 Å². The molecule has 0 fully saturated rings. The summed E-state index contributed by atoms with van der Waals surface area (Å²) < 4.78 is 14.0. The van der Waals surface area contributed by atoms with Gasteiger partial charge in [0.1, 0.15) is 5.82 Å². The number of hydrogen-bond acceptors (Lipinski definition) is 3. The van der Waals surface area contributed by atoms with Gasteiger partial charge in [0.25, 0.3) is 0 Å². The third kappa shape index (κ3) is 4.22. The summed E-state index contributed by atoms with van der Waals surface area (Å²) in [4.78, 5) is 8.66. The monoisotopic (exact) mass is 307 g/mol. The standard InChI is InChI=1S/C16H19ClFN3/c1-3-7-19-15(16-10-20-11(2)9-21-16)8-12-13(17)5-4-6-14(12)18/h4-6,9-10,15,19H,3,7-8H2,1-2H3. The van der Waals surface area contributed by atoms with Crippen LogP contribution in [0.2, 0.25) is 5.02 Å². The molecule has 2 aromatic rings. The first-order valence-corrected chi connectivity index (χ1v) is 7.44. The first-order chi connectivity index (χ1) is 10.1. The number of benzene rings is 1. The SMILES string of the molecule is CCCNC(Cc1c(F)cccc1Cl)c1cnc(C)cn1. The van der Waals surface area contributed by atoms with E-state index in [4.69, 9.17) is 11.6 Å². The molecule has 1 heterocycles. The van der Waals surface area contributed by atoms with Crippen LogP contribution in [0.5, 0.6) is 0 Å². The van der Waals surface area contributed by atoms with E-state index in [2.05, 4.69) is 22.2 Å². The van der Waals surface area contributed by atoms with Crippen molar-refractivity contribution in [1.82, 2.24) is 15.3 Å². The highest BCUT2D eigenvalue weighted by molar-refractivity contribution is 6.31. The third-order valence-electron chi connectivity index (χ3n) is 3.27. The van der Waals surface area contributed by atoms with Crippen LogP contribution in [0, 0.1) is 12.7 Å². The van der Waals surface area contributed by atoms with Crippen molar-refractivity contribution in [3.63, 3.8) is 0 Å². The van der Waals surface area contributed by atoms with Crippen molar-refractivity contribution >= 4 is 11.6 Å². The Kier molecular flexibility index (Phi) is 5.65. The molecule has 2 rings (SSSR count). The molecule has 0 aliphatic heterocycles. The number of hydrogen-bond donors (Lipinski definition) is 1. The van der Waals surface area contributed by atoms with Crippen LogP contribution >= 0.6 is 11.6 Å². The average Bonchev–Trinajstić information content (AvgIpc) is 2.47. The lowest BCUT2D eigenvalue weighted by atomic mass is 10.0. The summed E-state index contributed by atoms with van der Waals surface area (Å²) in [5, 5.41) is 3.82. The van der Waals surface area contributed by atoms with E-state index in [-0.39, 0.29) is 11.9 Å². The molecule has 0 saturated heterocycles. The van der Waals surface area contributed by atoms with Crippen LogP contribution in [0.15, 0.2) is 30.6 Å². The molecular weight excluding hydrogens is 289 g/mol. The molecule has 0 spiro atoms. The van der Waals surface area contributed by atoms with Gasteiger partial charge in [-0.25, -0.2) is 4.39 Å². The fraction of sp³-hybridized carbons (Fsp3) is 0.375. The van der Waals surface area contributed by atoms with Crippen molar-refractivity contribution in [2.24, 2.45) is 0 Å². The van der Waals surface area contributed by atoms with E-state index >= 15 is 0 Å². The van der Waals surface area contributed by atoms with Crippen LogP contribution in [0.25, 0.3) is 0 Å². The average molecular weight is 308 g/mol. The van der Waals surface area contributed by atoms with Crippen LogP contribution in [0.1, 0.15) is 36.3 Å². The van der Waals surface area contributed by atoms with Gasteiger partial charge in [-0.2, -0.15) is 0 Å². The summed E-state index contributed by atoms with van der Waals surface area (Å²) in [6, 6.07) is 4.64. The second-order valence-corrected chi connectivity index (χ2v) is 5.40. The number of halogens is 2. The van der Waals surface area contributed by atoms with E-state index < -0.39 is 0 Å². The van der Waals surface area contributed by atoms with E-state index in [9.17, 15) is 4.39 Å². The highest BCUT2D eigenvalue weighted by Crippen LogP contribution is 2.25. The second kappa shape index (κ2) is 7.48. The molecule has 112 valence electrons. The van der Waals surface area contributed by atoms with Gasteiger partial charge in [0.15, 0.2) is 0 Å². The maximum absolute atomic E-state index is 14.0. The minimum atomic E-state index is -0.286. The molecule has 1 atom stereocenters. The molecule has 0 saturated carbocycles. The Morgan fingerprint density at radius 2 is 2.10 bits per heavy atom. The lowest BCUT2D eigenvalue weighted by Crippen LogP contribution is -2.25. The molecule has 0 amide bonds. The topological polar surface area (TPSA) is 37.8 Å². The lowest BCUT2D eigenvalue weighted by molar-refractivity contribution is 0.501. The highest BCUT2D eigenvalue weighted by Gasteiger charge is 2.17. The Morgan fingerprint density at radius 1 is 1.29 bits per heavy atom. The summed E-state index contributed by atoms with van der Waals surface area (Å²) >= 11 is 6.12. The third-order valence-corrected chi connectivity index (χ3v) is 3.62. The van der Waals surface area contributed by atoms with Gasteiger partial charge in [-0.3, -0.25) is 9.97 Å². The Bertz CT molecular complexity index is 566. The molecule has 1 aromatic carbocycles. The highest BCUT2D eigenvalue weighted by atomic mass is 35.5. The zero-order chi connectivity index (χ0) is 15.2. The van der Waals surface area contributed by atoms with Crippen LogP contribution in [0.3, 0.4) is 0 Å². The van der Waals surface area contributed by atoms with Gasteiger partial charge in [-0.05, 0) is 38.4 Å². The van der Waals surface area contributed by atoms with Gasteiger partial charge >= 0.3 is 0 Å². The number of rotatable bonds is 6. The normalized spacial score (nSPS) is 12.4. The molecule has 0 radical (unpaired) electrons. The minimum absolute atomic E-state index is 0.104. The van der Waals surface area contributed by atoms with E-state index in [0.717, 1.165) is 24.4 Å². The van der Waals surface area contributed by atoms with E-state index in [0.29, 0.717) is 17.0 Å². The molecule has 21 heavy (non-hydrogen) atoms. The molecule has 1 N–H and O–H groups in total. The van der Waals surface area contributed by atoms with Gasteiger partial charge in [-0.1, -0.05) is 24.6 Å². The molecular formula is C16H19ClFN3. The smallest absolute Gasteiger partial charge is 0.127 e. The molecule has 0 aliphatic rings. The predicted octanol–water partition coefficient (Wildman–Crippen LogP) is 3.86. The van der Waals surface area contributed by atoms with Crippen molar-refractivity contribution in [2.45, 2.75) is 32.7 Å². The largest absolute Gasteiger partial charge is 0.308 e. The van der Waals surface area contributed by atoms with Gasteiger partial charge in [0.05, 0.1) is 23.6 Å². The summed E-state index contributed by atoms with van der Waals surface area (Å²) in [7, 11) is 0. The van der Waals surface area contributed by atoms with E-state index in [1.807, 2.05) is 6.92 Å². The van der Waals surface area contributed by atoms with Crippen molar-refractivity contribution in [1.29, 1.82) is 0 Å². The van der Waals surface area contributed by atoms with E-state index in [1.165, 1.54) is 6.07 Å².